The molecule has 0 aliphatic rings. The van der Waals surface area contributed by atoms with E-state index in [9.17, 15) is 0 Å². The van der Waals surface area contributed by atoms with Crippen LogP contribution in [0.3, 0.4) is 0 Å². The van der Waals surface area contributed by atoms with Crippen LogP contribution in [0.15, 0.2) is 53.0 Å². The molecule has 3 nitrogen and oxygen atoms in total. The van der Waals surface area contributed by atoms with Gasteiger partial charge in [0.15, 0.2) is 10.6 Å². The van der Waals surface area contributed by atoms with Crippen LogP contribution in [0.2, 0.25) is 0 Å². The number of aryl methyl sites for hydroxylation is 1. The van der Waals surface area contributed by atoms with Crippen molar-refractivity contribution >= 4 is 28.1 Å². The number of hydrogen-bond donors (Lipinski definition) is 1. The highest BCUT2D eigenvalue weighted by molar-refractivity contribution is 9.10. The minimum absolute atomic E-state index is 0.590. The largest absolute Gasteiger partial charge is 0.268 e. The van der Waals surface area contributed by atoms with E-state index in [1.54, 1.807) is 0 Å². The maximum atomic E-state index is 5.35. The molecule has 0 aliphatic heterocycles. The fraction of sp³-hybridized carbons (Fsp3) is 0.0667. The summed E-state index contributed by atoms with van der Waals surface area (Å²) in [6.45, 7) is 2.06. The number of aromatic amines is 1. The van der Waals surface area contributed by atoms with Crippen LogP contribution in [0.1, 0.15) is 5.56 Å². The smallest absolute Gasteiger partial charge is 0.200 e. The van der Waals surface area contributed by atoms with E-state index in [0.29, 0.717) is 4.77 Å². The van der Waals surface area contributed by atoms with Gasteiger partial charge < -0.3 is 0 Å². The minimum Gasteiger partial charge on any atom is -0.268 e. The molecule has 20 heavy (non-hydrogen) atoms. The Hall–Kier alpha value is -1.72. The second-order valence-electron chi connectivity index (χ2n) is 4.49. The second kappa shape index (κ2) is 5.34. The highest BCUT2D eigenvalue weighted by atomic mass is 79.9. The predicted molar refractivity (Wildman–Crippen MR) is 86.6 cm³/mol. The molecule has 0 saturated heterocycles. The standard InChI is InChI=1S/C15H12BrN3S/c1-10-9-11(7-8-13(10)16)14-17-18-15(20)19(14)12-5-3-2-4-6-12/h2-9H,1H3,(H,18,20). The van der Waals surface area contributed by atoms with Gasteiger partial charge in [-0.05, 0) is 49.0 Å². The zero-order valence-corrected chi connectivity index (χ0v) is 13.2. The zero-order valence-electron chi connectivity index (χ0n) is 10.8. The third kappa shape index (κ3) is 2.34. The highest BCUT2D eigenvalue weighted by Gasteiger charge is 2.11. The SMILES string of the molecule is Cc1cc(-c2n[nH]c(=S)n2-c2ccccc2)ccc1Br. The molecule has 1 N–H and O–H groups in total. The van der Waals surface area contributed by atoms with Gasteiger partial charge in [-0.25, -0.2) is 0 Å². The van der Waals surface area contributed by atoms with Gasteiger partial charge in [0.25, 0.3) is 0 Å². The molecule has 0 atom stereocenters. The van der Waals surface area contributed by atoms with Crippen LogP contribution in [-0.2, 0) is 0 Å². The van der Waals surface area contributed by atoms with E-state index in [4.69, 9.17) is 12.2 Å². The predicted octanol–water partition coefficient (Wildman–Crippen LogP) is 4.67. The molecule has 0 radical (unpaired) electrons. The van der Waals surface area contributed by atoms with Crippen LogP contribution < -0.4 is 0 Å². The number of para-hydroxylation sites is 1. The lowest BCUT2D eigenvalue weighted by molar-refractivity contribution is 1.04. The molecule has 0 unspecified atom stereocenters. The number of aromatic nitrogens is 3. The van der Waals surface area contributed by atoms with Crippen LogP contribution in [0.4, 0.5) is 0 Å². The Morgan fingerprint density at radius 3 is 2.60 bits per heavy atom. The summed E-state index contributed by atoms with van der Waals surface area (Å²) >= 11 is 8.86. The van der Waals surface area contributed by atoms with Crippen molar-refractivity contribution in [2.75, 3.05) is 0 Å². The highest BCUT2D eigenvalue weighted by Crippen LogP contribution is 2.25. The van der Waals surface area contributed by atoms with Gasteiger partial charge in [0.05, 0.1) is 0 Å². The van der Waals surface area contributed by atoms with Crippen LogP contribution in [0.25, 0.3) is 17.1 Å². The molecule has 5 heteroatoms. The number of nitrogens with one attached hydrogen (secondary N) is 1. The molecular weight excluding hydrogens is 334 g/mol. The maximum Gasteiger partial charge on any atom is 0.200 e. The van der Waals surface area contributed by atoms with Gasteiger partial charge in [-0.15, -0.1) is 0 Å². The first-order chi connectivity index (χ1) is 9.66. The minimum atomic E-state index is 0.590. The summed E-state index contributed by atoms with van der Waals surface area (Å²) < 4.78 is 3.62. The molecule has 0 saturated carbocycles. The number of benzene rings is 2. The Balaban J connectivity index is 2.21. The Labute approximate surface area is 130 Å². The van der Waals surface area contributed by atoms with E-state index < -0.39 is 0 Å². The van der Waals surface area contributed by atoms with E-state index in [1.807, 2.05) is 47.0 Å². The van der Waals surface area contributed by atoms with Gasteiger partial charge in [0, 0.05) is 15.7 Å². The summed E-state index contributed by atoms with van der Waals surface area (Å²) in [7, 11) is 0. The summed E-state index contributed by atoms with van der Waals surface area (Å²) in [5.41, 5.74) is 3.19. The van der Waals surface area contributed by atoms with Gasteiger partial charge in [0.2, 0.25) is 0 Å². The van der Waals surface area contributed by atoms with Gasteiger partial charge in [-0.3, -0.25) is 9.67 Å². The molecule has 2 aromatic carbocycles. The van der Waals surface area contributed by atoms with Crippen molar-refractivity contribution < 1.29 is 0 Å². The Morgan fingerprint density at radius 2 is 1.90 bits per heavy atom. The number of H-pyrrole nitrogens is 1. The Bertz CT molecular complexity index is 805. The van der Waals surface area contributed by atoms with Gasteiger partial charge in [-0.2, -0.15) is 5.10 Å². The van der Waals surface area contributed by atoms with Crippen molar-refractivity contribution in [3.8, 4) is 17.1 Å². The summed E-state index contributed by atoms with van der Waals surface area (Å²) in [6, 6.07) is 16.1. The summed E-state index contributed by atoms with van der Waals surface area (Å²) in [4.78, 5) is 0. The van der Waals surface area contributed by atoms with Crippen LogP contribution in [0.5, 0.6) is 0 Å². The van der Waals surface area contributed by atoms with Crippen LogP contribution >= 0.6 is 28.1 Å². The average molecular weight is 346 g/mol. The van der Waals surface area contributed by atoms with E-state index in [0.717, 1.165) is 27.1 Å². The summed E-state index contributed by atoms with van der Waals surface area (Å²) in [6.07, 6.45) is 0. The van der Waals surface area contributed by atoms with E-state index >= 15 is 0 Å². The molecule has 3 rings (SSSR count). The van der Waals surface area contributed by atoms with Crippen molar-refractivity contribution in [3.63, 3.8) is 0 Å². The van der Waals surface area contributed by atoms with E-state index in [-0.39, 0.29) is 0 Å². The number of nitrogens with zero attached hydrogens (tertiary/aromatic N) is 2. The number of halogens is 1. The molecule has 3 aromatic rings. The molecule has 1 aromatic heterocycles. The third-order valence-electron chi connectivity index (χ3n) is 3.10. The van der Waals surface area contributed by atoms with Gasteiger partial charge in [-0.1, -0.05) is 40.2 Å². The molecule has 0 fully saturated rings. The summed E-state index contributed by atoms with van der Waals surface area (Å²) in [5, 5.41) is 7.24. The third-order valence-corrected chi connectivity index (χ3v) is 4.27. The fourth-order valence-electron chi connectivity index (χ4n) is 2.09. The lowest BCUT2D eigenvalue weighted by Crippen LogP contribution is -1.97. The molecule has 1 heterocycles. The van der Waals surface area contributed by atoms with Crippen molar-refractivity contribution in [3.05, 3.63) is 63.3 Å². The topological polar surface area (TPSA) is 33.6 Å². The fourth-order valence-corrected chi connectivity index (χ4v) is 2.58. The summed E-state index contributed by atoms with van der Waals surface area (Å²) in [5.74, 6) is 0.816. The van der Waals surface area contributed by atoms with Crippen molar-refractivity contribution in [1.82, 2.24) is 14.8 Å². The van der Waals surface area contributed by atoms with Gasteiger partial charge >= 0.3 is 0 Å². The first kappa shape index (κ1) is 13.3. The first-order valence-electron chi connectivity index (χ1n) is 6.16. The quantitative estimate of drug-likeness (QED) is 0.684. The lowest BCUT2D eigenvalue weighted by atomic mass is 10.1. The van der Waals surface area contributed by atoms with Crippen molar-refractivity contribution in [2.24, 2.45) is 0 Å². The number of hydrogen-bond acceptors (Lipinski definition) is 2. The molecule has 0 bridgehead atoms. The maximum absolute atomic E-state index is 5.35. The zero-order chi connectivity index (χ0) is 14.1. The lowest BCUT2D eigenvalue weighted by Gasteiger charge is -2.08. The van der Waals surface area contributed by atoms with Crippen LogP contribution in [0, 0.1) is 11.7 Å². The molecule has 0 amide bonds. The van der Waals surface area contributed by atoms with Crippen LogP contribution in [-0.4, -0.2) is 14.8 Å². The average Bonchev–Trinajstić information content (AvgIpc) is 2.85. The van der Waals surface area contributed by atoms with Crippen molar-refractivity contribution in [1.29, 1.82) is 0 Å². The second-order valence-corrected chi connectivity index (χ2v) is 5.73. The van der Waals surface area contributed by atoms with Gasteiger partial charge in [0.1, 0.15) is 0 Å². The molecule has 100 valence electrons. The number of rotatable bonds is 2. The monoisotopic (exact) mass is 345 g/mol. The molecule has 0 spiro atoms. The molecule has 0 aliphatic carbocycles. The van der Waals surface area contributed by atoms with E-state index in [2.05, 4.69) is 39.1 Å². The molecular formula is C15H12BrN3S. The normalized spacial score (nSPS) is 10.7. The Morgan fingerprint density at radius 1 is 1.15 bits per heavy atom. The first-order valence-corrected chi connectivity index (χ1v) is 7.36. The Kier molecular flexibility index (Phi) is 3.54. The van der Waals surface area contributed by atoms with Crippen molar-refractivity contribution in [2.45, 2.75) is 6.92 Å². The van der Waals surface area contributed by atoms with E-state index in [1.165, 1.54) is 0 Å².